The minimum absolute atomic E-state index is 0.00706. The lowest BCUT2D eigenvalue weighted by Crippen LogP contribution is -2.60. The number of amides is 8. The Labute approximate surface area is 399 Å². The maximum atomic E-state index is 14.5. The number of H-pyrrole nitrogens is 2. The Morgan fingerprint density at radius 2 is 1.49 bits per heavy atom. The van der Waals surface area contributed by atoms with Crippen molar-refractivity contribution < 1.29 is 38.4 Å². The highest BCUT2D eigenvalue weighted by Crippen LogP contribution is 2.19. The lowest BCUT2D eigenvalue weighted by atomic mass is 10.0. The molecule has 3 heterocycles. The van der Waals surface area contributed by atoms with E-state index in [2.05, 4.69) is 57.2 Å². The number of imidazole rings is 1. The van der Waals surface area contributed by atoms with Gasteiger partial charge in [-0.3, -0.25) is 43.3 Å². The van der Waals surface area contributed by atoms with Crippen LogP contribution in [0, 0.1) is 0 Å². The number of aromatic amines is 2. The van der Waals surface area contributed by atoms with Gasteiger partial charge < -0.3 is 64.4 Å². The number of aliphatic imine (C=N–C) groups is 1. The maximum absolute atomic E-state index is 14.5. The van der Waals surface area contributed by atoms with E-state index in [-0.39, 0.29) is 76.8 Å². The van der Waals surface area contributed by atoms with Gasteiger partial charge in [0, 0.05) is 74.2 Å². The molecule has 2 aromatic heterocycles. The number of carbonyl (C=O) groups is 8. The first-order chi connectivity index (χ1) is 33.2. The molecule has 2 aromatic carbocycles. The molecule has 1 fully saturated rings. The molecule has 4 aromatic rings. The van der Waals surface area contributed by atoms with Crippen LogP contribution in [0.3, 0.4) is 0 Å². The molecule has 1 aliphatic rings. The van der Waals surface area contributed by atoms with E-state index < -0.39 is 83.5 Å². The van der Waals surface area contributed by atoms with E-state index in [0.29, 0.717) is 23.2 Å². The Bertz CT molecular complexity index is 2400. The summed E-state index contributed by atoms with van der Waals surface area (Å²) in [5.74, 6) is -5.94. The smallest absolute Gasteiger partial charge is 0.243 e. The largest absolute Gasteiger partial charge is 0.370 e. The fourth-order valence-corrected chi connectivity index (χ4v) is 7.82. The van der Waals surface area contributed by atoms with Crippen LogP contribution < -0.4 is 54.4 Å². The van der Waals surface area contributed by atoms with Crippen molar-refractivity contribution in [3.05, 3.63) is 90.1 Å². The monoisotopic (exact) mass is 953 g/mol. The van der Waals surface area contributed by atoms with Gasteiger partial charge in [-0.2, -0.15) is 0 Å². The van der Waals surface area contributed by atoms with Crippen LogP contribution in [0.5, 0.6) is 0 Å². The van der Waals surface area contributed by atoms with Crippen molar-refractivity contribution in [3.63, 3.8) is 0 Å². The van der Waals surface area contributed by atoms with Crippen LogP contribution in [0.1, 0.15) is 81.5 Å². The zero-order chi connectivity index (χ0) is 49.7. The van der Waals surface area contributed by atoms with E-state index >= 15 is 0 Å². The van der Waals surface area contributed by atoms with Crippen LogP contribution in [0.2, 0.25) is 0 Å². The summed E-state index contributed by atoms with van der Waals surface area (Å²) in [5.41, 5.74) is 19.5. The summed E-state index contributed by atoms with van der Waals surface area (Å²) in [6.45, 7) is 1.89. The number of rotatable bonds is 18. The minimum Gasteiger partial charge on any atom is -0.370 e. The Kier molecular flexibility index (Phi) is 20.1. The molecule has 0 spiro atoms. The summed E-state index contributed by atoms with van der Waals surface area (Å²) >= 11 is 0. The average molecular weight is 953 g/mol. The number of aromatic nitrogens is 3. The quantitative estimate of drug-likeness (QED) is 0.0334. The third kappa shape index (κ3) is 16.8. The van der Waals surface area contributed by atoms with Crippen molar-refractivity contribution in [2.45, 2.75) is 120 Å². The molecule has 69 heavy (non-hydrogen) atoms. The molecular formula is C47H64N14O8. The molecule has 0 aliphatic carbocycles. The number of para-hydroxylation sites is 1. The zero-order valence-corrected chi connectivity index (χ0v) is 38.7. The van der Waals surface area contributed by atoms with Crippen LogP contribution in [0.4, 0.5) is 0 Å². The number of hydrogen-bond acceptors (Lipinski definition) is 10. The Morgan fingerprint density at radius 3 is 2.20 bits per heavy atom. The number of carbonyl (C=O) groups excluding carboxylic acids is 8. The van der Waals surface area contributed by atoms with Crippen LogP contribution >= 0.6 is 0 Å². The van der Waals surface area contributed by atoms with Crippen molar-refractivity contribution in [2.24, 2.45) is 22.2 Å². The van der Waals surface area contributed by atoms with Crippen molar-refractivity contribution in [3.8, 4) is 0 Å². The van der Waals surface area contributed by atoms with E-state index in [1.165, 1.54) is 12.5 Å². The molecule has 0 saturated carbocycles. The second-order valence-electron chi connectivity index (χ2n) is 16.9. The molecule has 22 heteroatoms. The standard InChI is InChI=1S/C47H64N14O8/c1-2-3-5-16-40(63)56-34-17-18-39(62)52-21-19-35(44(67)59-36(41(48)64)23-29-25-54-32-14-9-8-13-31(29)32)58-42(65)33(15-10-20-53-47(49)50)57-45(68)37(22-28-11-6-4-7-12-28)60-46(69)38(61-43(34)66)24-30-26-51-27-55-30/h4,6-9,11-14,25-27,33-38,54H,2-3,5,10,15-24H2,1H3,(H2,48,64)(H,51,55)(H,52,62)(H,56,63)(H,57,68)(H,58,65)(H,59,67)(H,60,69)(H,61,66)(H4,49,50,53). The number of primary amides is 1. The lowest BCUT2D eigenvalue weighted by Gasteiger charge is -2.27. The summed E-state index contributed by atoms with van der Waals surface area (Å²) in [5, 5.41) is 19.8. The van der Waals surface area contributed by atoms with Gasteiger partial charge in [0.25, 0.3) is 0 Å². The number of nitrogens with zero attached hydrogens (tertiary/aromatic N) is 2. The van der Waals surface area contributed by atoms with Crippen molar-refractivity contribution >= 4 is 64.1 Å². The predicted molar refractivity (Wildman–Crippen MR) is 256 cm³/mol. The maximum Gasteiger partial charge on any atom is 0.243 e. The zero-order valence-electron chi connectivity index (χ0n) is 38.7. The van der Waals surface area contributed by atoms with Crippen molar-refractivity contribution in [1.82, 2.24) is 52.2 Å². The summed E-state index contributed by atoms with van der Waals surface area (Å²) in [4.78, 5) is 125. The molecule has 1 saturated heterocycles. The number of benzene rings is 2. The molecule has 370 valence electrons. The van der Waals surface area contributed by atoms with Crippen LogP contribution in [-0.2, 0) is 57.6 Å². The number of guanidine groups is 1. The summed E-state index contributed by atoms with van der Waals surface area (Å²) in [6, 6.07) is 8.30. The van der Waals surface area contributed by atoms with Gasteiger partial charge in [0.1, 0.15) is 36.3 Å². The Morgan fingerprint density at radius 1 is 0.797 bits per heavy atom. The third-order valence-electron chi connectivity index (χ3n) is 11.6. The van der Waals surface area contributed by atoms with Crippen molar-refractivity contribution in [1.29, 1.82) is 0 Å². The van der Waals surface area contributed by atoms with Gasteiger partial charge in [0.15, 0.2) is 5.96 Å². The normalized spacial score (nSPS) is 20.3. The van der Waals surface area contributed by atoms with Gasteiger partial charge in [0.05, 0.1) is 6.33 Å². The predicted octanol–water partition coefficient (Wildman–Crippen LogP) is -0.753. The van der Waals surface area contributed by atoms with Gasteiger partial charge in [-0.05, 0) is 49.3 Å². The van der Waals surface area contributed by atoms with E-state index in [1.54, 1.807) is 36.5 Å². The number of unbranched alkanes of at least 4 members (excludes halogenated alkanes) is 2. The van der Waals surface area contributed by atoms with Gasteiger partial charge in [-0.25, -0.2) is 4.98 Å². The minimum atomic E-state index is -1.40. The Hall–Kier alpha value is -7.78. The fraction of sp³-hybridized carbons (Fsp3) is 0.447. The first-order valence-corrected chi connectivity index (χ1v) is 23.2. The SMILES string of the molecule is CCCCCC(=O)NC1CCC(=O)NCCC(C(=O)NC(Cc2c[nH]c3ccccc23)C(N)=O)NC(=O)C(CCCN=C(N)N)NC(=O)C(Cc2ccccc2)NC(=O)C(Cc2cnc[nH]2)NC1=O. The topological polar surface area (TPSA) is 356 Å². The average Bonchev–Trinajstić information content (AvgIpc) is 4.00. The number of fused-ring (bicyclic) bond motifs is 1. The summed E-state index contributed by atoms with van der Waals surface area (Å²) in [6.07, 6.45) is 6.26. The van der Waals surface area contributed by atoms with Gasteiger partial charge in [0.2, 0.25) is 47.3 Å². The molecule has 6 atom stereocenters. The van der Waals surface area contributed by atoms with Crippen LogP contribution in [-0.4, -0.2) is 118 Å². The molecule has 0 bridgehead atoms. The molecule has 22 nitrogen and oxygen atoms in total. The summed E-state index contributed by atoms with van der Waals surface area (Å²) < 4.78 is 0. The van der Waals surface area contributed by atoms with E-state index in [1.807, 2.05) is 31.2 Å². The second kappa shape index (κ2) is 26.5. The van der Waals surface area contributed by atoms with E-state index in [9.17, 15) is 38.4 Å². The van der Waals surface area contributed by atoms with Gasteiger partial charge in [-0.15, -0.1) is 0 Å². The molecule has 0 radical (unpaired) electrons. The second-order valence-corrected chi connectivity index (χ2v) is 16.9. The highest BCUT2D eigenvalue weighted by Gasteiger charge is 2.34. The first kappa shape index (κ1) is 52.2. The fourth-order valence-electron chi connectivity index (χ4n) is 7.82. The van der Waals surface area contributed by atoms with Crippen LogP contribution in [0.25, 0.3) is 10.9 Å². The highest BCUT2D eigenvalue weighted by molar-refractivity contribution is 5.97. The molecule has 6 unspecified atom stereocenters. The number of nitrogens with two attached hydrogens (primary N) is 3. The molecular weight excluding hydrogens is 889 g/mol. The first-order valence-electron chi connectivity index (χ1n) is 23.2. The third-order valence-corrected chi connectivity index (χ3v) is 11.6. The lowest BCUT2D eigenvalue weighted by molar-refractivity contribution is -0.135. The summed E-state index contributed by atoms with van der Waals surface area (Å²) in [7, 11) is 0. The molecule has 5 rings (SSSR count). The molecule has 15 N–H and O–H groups in total. The van der Waals surface area contributed by atoms with E-state index in [4.69, 9.17) is 17.2 Å². The molecule has 1 aliphatic heterocycles. The van der Waals surface area contributed by atoms with Gasteiger partial charge in [-0.1, -0.05) is 68.3 Å². The number of hydrogen-bond donors (Lipinski definition) is 12. The highest BCUT2D eigenvalue weighted by atomic mass is 16.2. The number of nitrogens with one attached hydrogen (secondary N) is 9. The van der Waals surface area contributed by atoms with E-state index in [0.717, 1.165) is 23.7 Å². The van der Waals surface area contributed by atoms with Gasteiger partial charge >= 0.3 is 0 Å². The Balaban J connectivity index is 1.49. The molecule has 8 amide bonds. The van der Waals surface area contributed by atoms with Crippen LogP contribution in [0.15, 0.2) is 78.3 Å². The van der Waals surface area contributed by atoms with Crippen molar-refractivity contribution in [2.75, 3.05) is 13.1 Å².